The molecule has 0 aliphatic rings. The first kappa shape index (κ1) is 19.1. The monoisotopic (exact) mass is 362 g/mol. The fourth-order valence-electron chi connectivity index (χ4n) is 2.30. The normalized spacial score (nSPS) is 11.3. The molecule has 0 spiro atoms. The summed E-state index contributed by atoms with van der Waals surface area (Å²) in [5.74, 6) is -0.360. The van der Waals surface area contributed by atoms with Crippen LogP contribution in [0.5, 0.6) is 0 Å². The number of amides is 1. The second kappa shape index (κ2) is 8.24. The van der Waals surface area contributed by atoms with Crippen molar-refractivity contribution in [3.8, 4) is 0 Å². The third-order valence-electron chi connectivity index (χ3n) is 3.78. The van der Waals surface area contributed by atoms with Gasteiger partial charge >= 0.3 is 0 Å². The molecule has 25 heavy (non-hydrogen) atoms. The molecule has 0 fully saturated rings. The third-order valence-corrected chi connectivity index (χ3v) is 5.20. The van der Waals surface area contributed by atoms with Crippen LogP contribution in [0.4, 0.5) is 0 Å². The molecule has 2 rings (SSSR count). The van der Waals surface area contributed by atoms with Crippen molar-refractivity contribution in [2.24, 2.45) is 0 Å². The minimum absolute atomic E-state index is 0.0940. The van der Waals surface area contributed by atoms with E-state index in [1.807, 2.05) is 32.0 Å². The number of carbonyl (C=O) groups excluding carboxylic acids is 1. The van der Waals surface area contributed by atoms with E-state index in [-0.39, 0.29) is 30.5 Å². The first-order chi connectivity index (χ1) is 11.8. The van der Waals surface area contributed by atoms with Crippen molar-refractivity contribution in [1.29, 1.82) is 0 Å². The first-order valence-electron chi connectivity index (χ1n) is 7.88. The molecular weight excluding hydrogens is 340 g/mol. The molecule has 6 nitrogen and oxygen atoms in total. The maximum atomic E-state index is 12.4. The van der Waals surface area contributed by atoms with E-state index >= 15 is 0 Å². The molecule has 0 aliphatic carbocycles. The van der Waals surface area contributed by atoms with Crippen molar-refractivity contribution in [3.63, 3.8) is 0 Å². The summed E-state index contributed by atoms with van der Waals surface area (Å²) in [5.41, 5.74) is 3.34. The Bertz CT molecular complexity index is 846. The fraction of sp³-hybridized carbons (Fsp3) is 0.278. The summed E-state index contributed by atoms with van der Waals surface area (Å²) in [5, 5.41) is 11.2. The Balaban J connectivity index is 2.09. The summed E-state index contributed by atoms with van der Waals surface area (Å²) in [6, 6.07) is 11.6. The molecule has 0 unspecified atom stereocenters. The minimum atomic E-state index is -3.67. The van der Waals surface area contributed by atoms with E-state index in [1.54, 1.807) is 0 Å². The molecule has 0 saturated heterocycles. The standard InChI is InChI=1S/C18H22N2O4S/c1-13-3-4-14(2)16(11-13)12-20-25(23,24)17-7-5-15(6-8-17)18(22)19-9-10-21/h3-8,11,20-21H,9-10,12H2,1-2H3,(H,19,22). The van der Waals surface area contributed by atoms with Crippen molar-refractivity contribution >= 4 is 15.9 Å². The molecule has 1 amide bonds. The van der Waals surface area contributed by atoms with Crippen molar-refractivity contribution in [3.05, 3.63) is 64.7 Å². The van der Waals surface area contributed by atoms with Crippen LogP contribution in [-0.4, -0.2) is 32.6 Å². The molecule has 3 N–H and O–H groups in total. The maximum Gasteiger partial charge on any atom is 0.251 e. The lowest BCUT2D eigenvalue weighted by molar-refractivity contribution is 0.0944. The summed E-state index contributed by atoms with van der Waals surface area (Å²) in [6.07, 6.45) is 0. The second-order valence-electron chi connectivity index (χ2n) is 5.76. The van der Waals surface area contributed by atoms with E-state index in [2.05, 4.69) is 10.0 Å². The van der Waals surface area contributed by atoms with Crippen LogP contribution in [-0.2, 0) is 16.6 Å². The van der Waals surface area contributed by atoms with Gasteiger partial charge in [0, 0.05) is 18.7 Å². The van der Waals surface area contributed by atoms with Crippen LogP contribution in [0.25, 0.3) is 0 Å². The maximum absolute atomic E-state index is 12.4. The summed E-state index contributed by atoms with van der Waals surface area (Å²) >= 11 is 0. The fourth-order valence-corrected chi connectivity index (χ4v) is 3.31. The highest BCUT2D eigenvalue weighted by Crippen LogP contribution is 2.14. The van der Waals surface area contributed by atoms with Crippen LogP contribution >= 0.6 is 0 Å². The molecule has 0 heterocycles. The van der Waals surface area contributed by atoms with Crippen molar-refractivity contribution in [2.75, 3.05) is 13.2 Å². The van der Waals surface area contributed by atoms with E-state index in [4.69, 9.17) is 5.11 Å². The number of carbonyl (C=O) groups is 1. The van der Waals surface area contributed by atoms with Gasteiger partial charge in [0.1, 0.15) is 0 Å². The highest BCUT2D eigenvalue weighted by atomic mass is 32.2. The number of sulfonamides is 1. The largest absolute Gasteiger partial charge is 0.395 e. The van der Waals surface area contributed by atoms with Gasteiger partial charge in [-0.1, -0.05) is 23.8 Å². The molecular formula is C18H22N2O4S. The van der Waals surface area contributed by atoms with E-state index in [0.29, 0.717) is 5.56 Å². The predicted molar refractivity (Wildman–Crippen MR) is 95.8 cm³/mol. The molecule has 0 radical (unpaired) electrons. The summed E-state index contributed by atoms with van der Waals surface area (Å²) in [6.45, 7) is 4.09. The summed E-state index contributed by atoms with van der Waals surface area (Å²) in [7, 11) is -3.67. The Labute approximate surface area is 147 Å². The van der Waals surface area contributed by atoms with Gasteiger partial charge in [-0.25, -0.2) is 13.1 Å². The number of benzene rings is 2. The average Bonchev–Trinajstić information content (AvgIpc) is 2.60. The van der Waals surface area contributed by atoms with Crippen LogP contribution in [0.1, 0.15) is 27.0 Å². The van der Waals surface area contributed by atoms with Crippen molar-refractivity contribution < 1.29 is 18.3 Å². The van der Waals surface area contributed by atoms with E-state index in [0.717, 1.165) is 16.7 Å². The van der Waals surface area contributed by atoms with Gasteiger partial charge < -0.3 is 10.4 Å². The summed E-state index contributed by atoms with van der Waals surface area (Å²) < 4.78 is 27.4. The molecule has 7 heteroatoms. The van der Waals surface area contributed by atoms with Crippen LogP contribution in [0.15, 0.2) is 47.4 Å². The van der Waals surface area contributed by atoms with Crippen LogP contribution in [0.2, 0.25) is 0 Å². The van der Waals surface area contributed by atoms with Gasteiger partial charge in [-0.05, 0) is 49.2 Å². The van der Waals surface area contributed by atoms with Crippen molar-refractivity contribution in [2.45, 2.75) is 25.3 Å². The van der Waals surface area contributed by atoms with Gasteiger partial charge in [-0.15, -0.1) is 0 Å². The lowest BCUT2D eigenvalue weighted by Crippen LogP contribution is -2.26. The topological polar surface area (TPSA) is 95.5 Å². The zero-order chi connectivity index (χ0) is 18.4. The van der Waals surface area contributed by atoms with E-state index < -0.39 is 10.0 Å². The first-order valence-corrected chi connectivity index (χ1v) is 9.37. The SMILES string of the molecule is Cc1ccc(C)c(CNS(=O)(=O)c2ccc(C(=O)NCCO)cc2)c1. The number of aliphatic hydroxyl groups excluding tert-OH is 1. The van der Waals surface area contributed by atoms with Gasteiger partial charge in [0.25, 0.3) is 5.91 Å². The smallest absolute Gasteiger partial charge is 0.251 e. The number of hydrogen-bond acceptors (Lipinski definition) is 4. The Hall–Kier alpha value is -2.22. The lowest BCUT2D eigenvalue weighted by atomic mass is 10.1. The van der Waals surface area contributed by atoms with Crippen LogP contribution in [0, 0.1) is 13.8 Å². The number of aryl methyl sites for hydroxylation is 2. The second-order valence-corrected chi connectivity index (χ2v) is 7.53. The zero-order valence-corrected chi connectivity index (χ0v) is 15.1. The van der Waals surface area contributed by atoms with Crippen LogP contribution in [0.3, 0.4) is 0 Å². The highest BCUT2D eigenvalue weighted by molar-refractivity contribution is 7.89. The third kappa shape index (κ3) is 5.12. The Kier molecular flexibility index (Phi) is 6.30. The number of hydrogen-bond donors (Lipinski definition) is 3. The van der Waals surface area contributed by atoms with Gasteiger partial charge in [0.2, 0.25) is 10.0 Å². The molecule has 0 aliphatic heterocycles. The Morgan fingerprint density at radius 2 is 1.76 bits per heavy atom. The number of nitrogens with one attached hydrogen (secondary N) is 2. The lowest BCUT2D eigenvalue weighted by Gasteiger charge is -2.10. The molecule has 0 bridgehead atoms. The highest BCUT2D eigenvalue weighted by Gasteiger charge is 2.15. The van der Waals surface area contributed by atoms with Gasteiger partial charge in [-0.3, -0.25) is 4.79 Å². The number of aliphatic hydroxyl groups is 1. The number of rotatable bonds is 7. The molecule has 0 saturated carbocycles. The van der Waals surface area contributed by atoms with Crippen molar-refractivity contribution in [1.82, 2.24) is 10.0 Å². The zero-order valence-electron chi connectivity index (χ0n) is 14.2. The van der Waals surface area contributed by atoms with Gasteiger partial charge in [0.15, 0.2) is 0 Å². The summed E-state index contributed by atoms with van der Waals surface area (Å²) in [4.78, 5) is 11.9. The van der Waals surface area contributed by atoms with Crippen LogP contribution < -0.4 is 10.0 Å². The van der Waals surface area contributed by atoms with E-state index in [9.17, 15) is 13.2 Å². The molecule has 0 atom stereocenters. The van der Waals surface area contributed by atoms with Gasteiger partial charge in [0.05, 0.1) is 11.5 Å². The minimum Gasteiger partial charge on any atom is -0.395 e. The predicted octanol–water partition coefficient (Wildman–Crippen LogP) is 1.50. The van der Waals surface area contributed by atoms with E-state index in [1.165, 1.54) is 24.3 Å². The molecule has 2 aromatic carbocycles. The molecule has 0 aromatic heterocycles. The Morgan fingerprint density at radius 1 is 1.08 bits per heavy atom. The molecule has 2 aromatic rings. The average molecular weight is 362 g/mol. The Morgan fingerprint density at radius 3 is 2.40 bits per heavy atom. The van der Waals surface area contributed by atoms with Gasteiger partial charge in [-0.2, -0.15) is 0 Å². The quantitative estimate of drug-likeness (QED) is 0.696. The molecule has 134 valence electrons.